The maximum Gasteiger partial charge on any atom is 0.129 e. The Morgan fingerprint density at radius 2 is 2.00 bits per heavy atom. The van der Waals surface area contributed by atoms with Gasteiger partial charge in [0.2, 0.25) is 0 Å². The van der Waals surface area contributed by atoms with Crippen molar-refractivity contribution in [1.82, 2.24) is 0 Å². The molecule has 0 aromatic heterocycles. The molecule has 1 heterocycles. The first-order valence-corrected chi connectivity index (χ1v) is 6.93. The molecule has 0 radical (unpaired) electrons. The number of hydrogen-bond acceptors (Lipinski definition) is 2. The van der Waals surface area contributed by atoms with Crippen LogP contribution in [-0.2, 0) is 6.42 Å². The van der Waals surface area contributed by atoms with Crippen LogP contribution in [0.4, 0.5) is 10.1 Å². The molecule has 2 aromatic carbocycles. The van der Waals surface area contributed by atoms with Crippen molar-refractivity contribution in [3.8, 4) is 0 Å². The fourth-order valence-corrected chi connectivity index (χ4v) is 2.85. The van der Waals surface area contributed by atoms with E-state index in [1.54, 1.807) is 18.2 Å². The normalized spacial score (nSPS) is 15.8. The van der Waals surface area contributed by atoms with E-state index in [1.807, 2.05) is 18.2 Å². The fraction of sp³-hybridized carbons (Fsp3) is 0.294. The molecule has 1 aliphatic rings. The van der Waals surface area contributed by atoms with Gasteiger partial charge >= 0.3 is 0 Å². The molecule has 1 atom stereocenters. The minimum Gasteiger partial charge on any atom is -0.384 e. The third-order valence-electron chi connectivity index (χ3n) is 3.97. The lowest BCUT2D eigenvalue weighted by molar-refractivity contribution is 0.215. The Labute approximate surface area is 118 Å². The lowest BCUT2D eigenvalue weighted by atomic mass is 9.95. The zero-order valence-corrected chi connectivity index (χ0v) is 11.5. The summed E-state index contributed by atoms with van der Waals surface area (Å²) in [6, 6.07) is 12.3. The van der Waals surface area contributed by atoms with Crippen LogP contribution in [0, 0.1) is 5.82 Å². The molecule has 2 aromatic rings. The Morgan fingerprint density at radius 1 is 1.20 bits per heavy atom. The molecule has 1 aliphatic heterocycles. The average Bonchev–Trinajstić information content (AvgIpc) is 2.47. The van der Waals surface area contributed by atoms with Crippen molar-refractivity contribution in [2.24, 2.45) is 0 Å². The van der Waals surface area contributed by atoms with Crippen molar-refractivity contribution in [2.75, 3.05) is 18.5 Å². The molecule has 0 spiro atoms. The molecule has 0 bridgehead atoms. The van der Waals surface area contributed by atoms with Crippen LogP contribution >= 0.6 is 0 Å². The van der Waals surface area contributed by atoms with E-state index >= 15 is 0 Å². The van der Waals surface area contributed by atoms with Crippen molar-refractivity contribution in [3.05, 3.63) is 65.0 Å². The molecule has 0 amide bonds. The third-order valence-corrected chi connectivity index (χ3v) is 3.97. The second-order valence-electron chi connectivity index (χ2n) is 5.34. The number of rotatable bonds is 2. The average molecular weight is 271 g/mol. The van der Waals surface area contributed by atoms with E-state index in [9.17, 15) is 9.50 Å². The van der Waals surface area contributed by atoms with E-state index in [1.165, 1.54) is 17.3 Å². The van der Waals surface area contributed by atoms with Gasteiger partial charge in [-0.1, -0.05) is 30.3 Å². The van der Waals surface area contributed by atoms with Gasteiger partial charge < -0.3 is 10.0 Å². The summed E-state index contributed by atoms with van der Waals surface area (Å²) in [6.07, 6.45) is 1.22. The summed E-state index contributed by atoms with van der Waals surface area (Å²) in [5.74, 6) is -0.366. The standard InChI is InChI=1S/C17H18FNO/c1-19-10-4-5-12-11-13(8-9-16(12)19)17(20)14-6-2-3-7-15(14)18/h2-3,6-9,11,17,20H,4-5,10H2,1H3. The Kier molecular flexibility index (Phi) is 3.45. The Hall–Kier alpha value is -1.87. The summed E-state index contributed by atoms with van der Waals surface area (Å²) in [7, 11) is 2.07. The van der Waals surface area contributed by atoms with E-state index in [0.717, 1.165) is 24.9 Å². The van der Waals surface area contributed by atoms with E-state index in [-0.39, 0.29) is 5.82 Å². The second-order valence-corrected chi connectivity index (χ2v) is 5.34. The van der Waals surface area contributed by atoms with Gasteiger partial charge in [0.25, 0.3) is 0 Å². The van der Waals surface area contributed by atoms with Crippen molar-refractivity contribution < 1.29 is 9.50 Å². The number of aliphatic hydroxyl groups is 1. The highest BCUT2D eigenvalue weighted by Crippen LogP contribution is 2.31. The summed E-state index contributed by atoms with van der Waals surface area (Å²) < 4.78 is 13.8. The van der Waals surface area contributed by atoms with Crippen LogP contribution in [0.15, 0.2) is 42.5 Å². The zero-order valence-electron chi connectivity index (χ0n) is 11.5. The topological polar surface area (TPSA) is 23.5 Å². The lowest BCUT2D eigenvalue weighted by Gasteiger charge is -2.28. The Morgan fingerprint density at radius 3 is 2.80 bits per heavy atom. The molecule has 3 rings (SSSR count). The first-order chi connectivity index (χ1) is 9.66. The van der Waals surface area contributed by atoms with E-state index in [4.69, 9.17) is 0 Å². The van der Waals surface area contributed by atoms with Crippen molar-refractivity contribution in [3.63, 3.8) is 0 Å². The summed E-state index contributed by atoms with van der Waals surface area (Å²) >= 11 is 0. The van der Waals surface area contributed by atoms with E-state index in [0.29, 0.717) is 5.56 Å². The van der Waals surface area contributed by atoms with Gasteiger partial charge in [0.05, 0.1) is 0 Å². The Bertz CT molecular complexity index is 626. The summed E-state index contributed by atoms with van der Waals surface area (Å²) in [5.41, 5.74) is 3.52. The number of nitrogens with zero attached hydrogens (tertiary/aromatic N) is 1. The number of benzene rings is 2. The van der Waals surface area contributed by atoms with Crippen LogP contribution in [0.25, 0.3) is 0 Å². The molecule has 0 aliphatic carbocycles. The first-order valence-electron chi connectivity index (χ1n) is 6.93. The molecular weight excluding hydrogens is 253 g/mol. The largest absolute Gasteiger partial charge is 0.384 e. The van der Waals surface area contributed by atoms with Crippen LogP contribution in [0.1, 0.15) is 29.2 Å². The van der Waals surface area contributed by atoms with Gasteiger partial charge in [0, 0.05) is 24.8 Å². The Balaban J connectivity index is 1.97. The molecule has 0 saturated carbocycles. The second kappa shape index (κ2) is 5.25. The van der Waals surface area contributed by atoms with Crippen molar-refractivity contribution in [2.45, 2.75) is 18.9 Å². The maximum absolute atomic E-state index is 13.8. The quantitative estimate of drug-likeness (QED) is 0.906. The van der Waals surface area contributed by atoms with Gasteiger partial charge in [-0.05, 0) is 36.1 Å². The minimum absolute atomic E-state index is 0.330. The minimum atomic E-state index is -0.909. The lowest BCUT2D eigenvalue weighted by Crippen LogP contribution is -2.24. The molecule has 2 nitrogen and oxygen atoms in total. The molecule has 1 unspecified atom stereocenters. The molecule has 20 heavy (non-hydrogen) atoms. The van der Waals surface area contributed by atoms with Gasteiger partial charge in [-0.2, -0.15) is 0 Å². The van der Waals surface area contributed by atoms with Gasteiger partial charge in [-0.25, -0.2) is 4.39 Å². The van der Waals surface area contributed by atoms with E-state index < -0.39 is 6.10 Å². The van der Waals surface area contributed by atoms with Crippen LogP contribution < -0.4 is 4.90 Å². The molecular formula is C17H18FNO. The fourth-order valence-electron chi connectivity index (χ4n) is 2.85. The SMILES string of the molecule is CN1CCCc2cc(C(O)c3ccccc3F)ccc21. The highest BCUT2D eigenvalue weighted by molar-refractivity contribution is 5.57. The number of hydrogen-bond donors (Lipinski definition) is 1. The van der Waals surface area contributed by atoms with Crippen LogP contribution in [-0.4, -0.2) is 18.7 Å². The van der Waals surface area contributed by atoms with Crippen molar-refractivity contribution >= 4 is 5.69 Å². The van der Waals surface area contributed by atoms with Crippen LogP contribution in [0.3, 0.4) is 0 Å². The highest BCUT2D eigenvalue weighted by Gasteiger charge is 2.18. The van der Waals surface area contributed by atoms with Crippen molar-refractivity contribution in [1.29, 1.82) is 0 Å². The molecule has 3 heteroatoms. The van der Waals surface area contributed by atoms with Crippen LogP contribution in [0.5, 0.6) is 0 Å². The summed E-state index contributed by atoms with van der Waals surface area (Å²) in [5, 5.41) is 10.4. The van der Waals surface area contributed by atoms with Gasteiger partial charge in [-0.15, -0.1) is 0 Å². The smallest absolute Gasteiger partial charge is 0.129 e. The predicted molar refractivity (Wildman–Crippen MR) is 78.5 cm³/mol. The molecule has 1 N–H and O–H groups in total. The van der Waals surface area contributed by atoms with Crippen LogP contribution in [0.2, 0.25) is 0 Å². The molecule has 104 valence electrons. The highest BCUT2D eigenvalue weighted by atomic mass is 19.1. The maximum atomic E-state index is 13.8. The summed E-state index contributed by atoms with van der Waals surface area (Å²) in [4.78, 5) is 2.22. The molecule has 0 fully saturated rings. The number of anilines is 1. The van der Waals surface area contributed by atoms with Gasteiger partial charge in [-0.3, -0.25) is 0 Å². The number of fused-ring (bicyclic) bond motifs is 1. The summed E-state index contributed by atoms with van der Waals surface area (Å²) in [6.45, 7) is 1.06. The van der Waals surface area contributed by atoms with Gasteiger partial charge in [0.1, 0.15) is 11.9 Å². The van der Waals surface area contributed by atoms with Gasteiger partial charge in [0.15, 0.2) is 0 Å². The first kappa shape index (κ1) is 13.1. The number of aryl methyl sites for hydroxylation is 1. The number of halogens is 1. The molecule has 0 saturated heterocycles. The number of aliphatic hydroxyl groups excluding tert-OH is 1. The van der Waals surface area contributed by atoms with E-state index in [2.05, 4.69) is 11.9 Å². The monoisotopic (exact) mass is 271 g/mol. The predicted octanol–water partition coefficient (Wildman–Crippen LogP) is 3.29. The zero-order chi connectivity index (χ0) is 14.1. The third kappa shape index (κ3) is 2.29.